The highest BCUT2D eigenvalue weighted by Gasteiger charge is 2.21. The Hall–Kier alpha value is -0.610. The van der Waals surface area contributed by atoms with Crippen LogP contribution >= 0.6 is 0 Å². The number of nitrogens with zero attached hydrogens (tertiary/aromatic N) is 1. The Kier molecular flexibility index (Phi) is 4.35. The molecule has 1 amide bonds. The van der Waals surface area contributed by atoms with Gasteiger partial charge < -0.3 is 15.7 Å². The second-order valence-electron chi connectivity index (χ2n) is 4.10. The lowest BCUT2D eigenvalue weighted by molar-refractivity contribution is -0.138. The van der Waals surface area contributed by atoms with Gasteiger partial charge in [0.2, 0.25) is 0 Å². The predicted octanol–water partition coefficient (Wildman–Crippen LogP) is -0.0454. The molecule has 1 rings (SSSR count). The lowest BCUT2D eigenvalue weighted by Gasteiger charge is -2.28. The monoisotopic (exact) mass is 200 g/mol. The molecule has 0 aromatic rings. The maximum Gasteiger partial charge on any atom is 0.252 e. The van der Waals surface area contributed by atoms with Crippen molar-refractivity contribution < 1.29 is 9.90 Å². The zero-order valence-corrected chi connectivity index (χ0v) is 8.78. The smallest absolute Gasteiger partial charge is 0.252 e. The van der Waals surface area contributed by atoms with Crippen molar-refractivity contribution in [2.24, 2.45) is 11.7 Å². The van der Waals surface area contributed by atoms with Crippen molar-refractivity contribution in [3.05, 3.63) is 0 Å². The summed E-state index contributed by atoms with van der Waals surface area (Å²) in [6.45, 7) is 0.743. The predicted molar refractivity (Wildman–Crippen MR) is 54.7 cm³/mol. The molecule has 82 valence electrons. The number of carbonyl (C=O) groups is 1. The molecule has 0 spiro atoms. The van der Waals surface area contributed by atoms with Gasteiger partial charge in [-0.05, 0) is 12.3 Å². The van der Waals surface area contributed by atoms with Crippen LogP contribution in [-0.4, -0.2) is 42.2 Å². The molecule has 1 aliphatic carbocycles. The van der Waals surface area contributed by atoms with Crippen LogP contribution in [0.4, 0.5) is 0 Å². The van der Waals surface area contributed by atoms with E-state index in [9.17, 15) is 9.90 Å². The third kappa shape index (κ3) is 2.96. The first-order chi connectivity index (χ1) is 6.65. The summed E-state index contributed by atoms with van der Waals surface area (Å²) in [7, 11) is 1.72. The number of aliphatic hydroxyl groups is 1. The number of hydrogen-bond acceptors (Lipinski definition) is 3. The molecule has 0 aromatic carbocycles. The van der Waals surface area contributed by atoms with Gasteiger partial charge in [0.05, 0.1) is 0 Å². The summed E-state index contributed by atoms with van der Waals surface area (Å²) in [5.74, 6) is 0.534. The Bertz CT molecular complexity index is 193. The van der Waals surface area contributed by atoms with Gasteiger partial charge in [0.25, 0.3) is 5.91 Å². The third-order valence-corrected chi connectivity index (χ3v) is 2.98. The molecule has 14 heavy (non-hydrogen) atoms. The average Bonchev–Trinajstić information content (AvgIpc) is 2.12. The first kappa shape index (κ1) is 11.5. The molecule has 0 bridgehead atoms. The summed E-state index contributed by atoms with van der Waals surface area (Å²) in [4.78, 5) is 13.0. The van der Waals surface area contributed by atoms with E-state index in [2.05, 4.69) is 0 Å². The molecule has 4 heteroatoms. The molecule has 1 aliphatic rings. The number of aliphatic hydroxyl groups excluding tert-OH is 1. The number of likely N-dealkylation sites (N-methyl/N-ethyl adjacent to an activating group) is 1. The van der Waals surface area contributed by atoms with Crippen LogP contribution in [0.2, 0.25) is 0 Å². The fourth-order valence-electron chi connectivity index (χ4n) is 1.62. The largest absolute Gasteiger partial charge is 0.382 e. The van der Waals surface area contributed by atoms with Crippen LogP contribution in [-0.2, 0) is 4.79 Å². The quantitative estimate of drug-likeness (QED) is 0.654. The molecule has 3 N–H and O–H groups in total. The van der Waals surface area contributed by atoms with Gasteiger partial charge in [-0.1, -0.05) is 19.3 Å². The molecule has 1 unspecified atom stereocenters. The highest BCUT2D eigenvalue weighted by Crippen LogP contribution is 2.29. The van der Waals surface area contributed by atoms with Crippen molar-refractivity contribution >= 4 is 5.91 Å². The zero-order chi connectivity index (χ0) is 10.6. The van der Waals surface area contributed by atoms with Crippen LogP contribution in [0.1, 0.15) is 25.7 Å². The van der Waals surface area contributed by atoms with Crippen molar-refractivity contribution in [1.29, 1.82) is 0 Å². The van der Waals surface area contributed by atoms with E-state index in [4.69, 9.17) is 5.73 Å². The second-order valence-corrected chi connectivity index (χ2v) is 4.10. The Labute approximate surface area is 85.1 Å². The molecule has 0 radical (unpaired) electrons. The van der Waals surface area contributed by atoms with Crippen LogP contribution in [0.15, 0.2) is 0 Å². The molecule has 0 aromatic heterocycles. The van der Waals surface area contributed by atoms with Crippen molar-refractivity contribution in [3.63, 3.8) is 0 Å². The van der Waals surface area contributed by atoms with Crippen LogP contribution in [0.3, 0.4) is 0 Å². The van der Waals surface area contributed by atoms with E-state index in [1.165, 1.54) is 19.3 Å². The van der Waals surface area contributed by atoms with E-state index in [1.807, 2.05) is 0 Å². The van der Waals surface area contributed by atoms with Gasteiger partial charge in [-0.25, -0.2) is 0 Å². The molecule has 4 nitrogen and oxygen atoms in total. The number of carbonyl (C=O) groups excluding carboxylic acids is 1. The molecule has 0 saturated heterocycles. The van der Waals surface area contributed by atoms with E-state index < -0.39 is 6.10 Å². The number of hydrogen-bond donors (Lipinski definition) is 2. The number of nitrogens with two attached hydrogens (primary N) is 1. The van der Waals surface area contributed by atoms with Gasteiger partial charge in [-0.2, -0.15) is 0 Å². The number of rotatable bonds is 5. The second kappa shape index (κ2) is 5.32. The fourth-order valence-corrected chi connectivity index (χ4v) is 1.62. The van der Waals surface area contributed by atoms with Gasteiger partial charge in [-0.3, -0.25) is 4.79 Å². The molecule has 0 aliphatic heterocycles. The standard InChI is InChI=1S/C10H20N2O2/c1-12(10(14)9(13)7-11)6-5-8-3-2-4-8/h8-9,13H,2-7,11H2,1H3. The number of amides is 1. The minimum absolute atomic E-state index is 0.00655. The molecule has 1 atom stereocenters. The van der Waals surface area contributed by atoms with Gasteiger partial charge in [0.1, 0.15) is 6.10 Å². The summed E-state index contributed by atoms with van der Waals surface area (Å²) in [5, 5.41) is 9.22. The first-order valence-electron chi connectivity index (χ1n) is 5.28. The van der Waals surface area contributed by atoms with Crippen molar-refractivity contribution in [2.75, 3.05) is 20.1 Å². The van der Waals surface area contributed by atoms with E-state index in [0.29, 0.717) is 0 Å². The minimum Gasteiger partial charge on any atom is -0.382 e. The van der Waals surface area contributed by atoms with Gasteiger partial charge >= 0.3 is 0 Å². The Morgan fingerprint density at radius 1 is 1.64 bits per heavy atom. The molecular formula is C10H20N2O2. The van der Waals surface area contributed by atoms with Crippen LogP contribution in [0.5, 0.6) is 0 Å². The lowest BCUT2D eigenvalue weighted by atomic mass is 9.83. The van der Waals surface area contributed by atoms with Gasteiger partial charge in [0.15, 0.2) is 0 Å². The van der Waals surface area contributed by atoms with Gasteiger partial charge in [0, 0.05) is 20.1 Å². The summed E-state index contributed by atoms with van der Waals surface area (Å²) < 4.78 is 0. The van der Waals surface area contributed by atoms with Crippen molar-refractivity contribution in [2.45, 2.75) is 31.8 Å². The molecule has 1 saturated carbocycles. The van der Waals surface area contributed by atoms with E-state index in [0.717, 1.165) is 18.9 Å². The highest BCUT2D eigenvalue weighted by atomic mass is 16.3. The lowest BCUT2D eigenvalue weighted by Crippen LogP contribution is -2.41. The van der Waals surface area contributed by atoms with E-state index >= 15 is 0 Å². The normalized spacial score (nSPS) is 18.8. The summed E-state index contributed by atoms with van der Waals surface area (Å²) >= 11 is 0. The van der Waals surface area contributed by atoms with Crippen molar-refractivity contribution in [3.8, 4) is 0 Å². The summed E-state index contributed by atoms with van der Waals surface area (Å²) in [6.07, 6.45) is 3.94. The summed E-state index contributed by atoms with van der Waals surface area (Å²) in [5.41, 5.74) is 5.21. The maximum absolute atomic E-state index is 11.4. The summed E-state index contributed by atoms with van der Waals surface area (Å²) in [6, 6.07) is 0. The molecule has 1 fully saturated rings. The Morgan fingerprint density at radius 3 is 2.71 bits per heavy atom. The molecule has 0 heterocycles. The SMILES string of the molecule is CN(CCC1CCC1)C(=O)C(O)CN. The minimum atomic E-state index is -1.03. The Balaban J connectivity index is 2.18. The van der Waals surface area contributed by atoms with E-state index in [-0.39, 0.29) is 12.5 Å². The highest BCUT2D eigenvalue weighted by molar-refractivity contribution is 5.80. The van der Waals surface area contributed by atoms with Crippen LogP contribution < -0.4 is 5.73 Å². The van der Waals surface area contributed by atoms with Gasteiger partial charge in [-0.15, -0.1) is 0 Å². The Morgan fingerprint density at radius 2 is 2.29 bits per heavy atom. The fraction of sp³-hybridized carbons (Fsp3) is 0.900. The van der Waals surface area contributed by atoms with E-state index in [1.54, 1.807) is 11.9 Å². The van der Waals surface area contributed by atoms with Crippen LogP contribution in [0, 0.1) is 5.92 Å². The van der Waals surface area contributed by atoms with Crippen LogP contribution in [0.25, 0.3) is 0 Å². The zero-order valence-electron chi connectivity index (χ0n) is 8.78. The van der Waals surface area contributed by atoms with Crippen molar-refractivity contribution in [1.82, 2.24) is 4.90 Å². The average molecular weight is 200 g/mol. The maximum atomic E-state index is 11.4. The topological polar surface area (TPSA) is 66.6 Å². The third-order valence-electron chi connectivity index (χ3n) is 2.98. The molecular weight excluding hydrogens is 180 g/mol. The first-order valence-corrected chi connectivity index (χ1v) is 5.28.